The first-order valence-corrected chi connectivity index (χ1v) is 11.4. The van der Waals surface area contributed by atoms with Crippen molar-refractivity contribution in [2.75, 3.05) is 13.1 Å². The zero-order valence-corrected chi connectivity index (χ0v) is 18.3. The Balaban J connectivity index is 1.52. The number of carbonyl (C=O) groups is 1. The van der Waals surface area contributed by atoms with Gasteiger partial charge in [-0.2, -0.15) is 0 Å². The van der Waals surface area contributed by atoms with Crippen LogP contribution >= 0.6 is 22.9 Å². The highest BCUT2D eigenvalue weighted by Crippen LogP contribution is 2.35. The molecule has 0 saturated carbocycles. The van der Waals surface area contributed by atoms with E-state index in [2.05, 4.69) is 20.8 Å². The van der Waals surface area contributed by atoms with Crippen LogP contribution in [-0.2, 0) is 17.8 Å². The molecule has 5 rings (SSSR count). The second kappa shape index (κ2) is 7.96. The summed E-state index contributed by atoms with van der Waals surface area (Å²) in [7, 11) is 0. The summed E-state index contributed by atoms with van der Waals surface area (Å²) < 4.78 is 2.08. The van der Waals surface area contributed by atoms with Crippen molar-refractivity contribution in [1.29, 1.82) is 0 Å². The summed E-state index contributed by atoms with van der Waals surface area (Å²) in [4.78, 5) is 20.5. The van der Waals surface area contributed by atoms with Crippen LogP contribution in [0.2, 0.25) is 5.02 Å². The number of aryl methyl sites for hydroxylation is 2. The lowest BCUT2D eigenvalue weighted by Gasteiger charge is -2.14. The Labute approximate surface area is 184 Å². The fraction of sp³-hybridized carbons (Fsp3) is 0.364. The molecule has 1 saturated heterocycles. The third-order valence-corrected chi connectivity index (χ3v) is 7.17. The highest BCUT2D eigenvalue weighted by Gasteiger charge is 2.26. The highest BCUT2D eigenvalue weighted by molar-refractivity contribution is 7.15. The van der Waals surface area contributed by atoms with Gasteiger partial charge in [0.2, 0.25) is 5.91 Å². The molecular weight excluding hydrogens is 418 g/mol. The summed E-state index contributed by atoms with van der Waals surface area (Å²) in [6.07, 6.45) is 3.49. The van der Waals surface area contributed by atoms with Gasteiger partial charge in [-0.25, -0.2) is 0 Å². The number of thiophene rings is 1. The number of amides is 1. The van der Waals surface area contributed by atoms with E-state index >= 15 is 0 Å². The maximum atomic E-state index is 12.5. The molecule has 2 aromatic heterocycles. The van der Waals surface area contributed by atoms with Crippen LogP contribution in [0.3, 0.4) is 0 Å². The van der Waals surface area contributed by atoms with Crippen molar-refractivity contribution in [3.05, 3.63) is 63.0 Å². The maximum absolute atomic E-state index is 12.5. The molecule has 30 heavy (non-hydrogen) atoms. The van der Waals surface area contributed by atoms with Gasteiger partial charge in [-0.3, -0.25) is 14.4 Å². The molecule has 8 heteroatoms. The van der Waals surface area contributed by atoms with E-state index in [0.717, 1.165) is 70.7 Å². The first kappa shape index (κ1) is 19.5. The maximum Gasteiger partial charge on any atom is 0.222 e. The van der Waals surface area contributed by atoms with Crippen LogP contribution in [-0.4, -0.2) is 44.4 Å². The summed E-state index contributed by atoms with van der Waals surface area (Å²) >= 11 is 8.20. The van der Waals surface area contributed by atoms with Crippen LogP contribution in [0, 0.1) is 6.92 Å². The monoisotopic (exact) mass is 439 g/mol. The number of rotatable bonds is 4. The van der Waals surface area contributed by atoms with Gasteiger partial charge in [0.05, 0.1) is 5.71 Å². The number of likely N-dealkylation sites (tertiary alicyclic amines) is 1. The van der Waals surface area contributed by atoms with Gasteiger partial charge >= 0.3 is 0 Å². The molecule has 154 valence electrons. The Morgan fingerprint density at radius 1 is 1.17 bits per heavy atom. The summed E-state index contributed by atoms with van der Waals surface area (Å²) in [5, 5.41) is 10.3. The Bertz CT molecular complexity index is 1140. The quantitative estimate of drug-likeness (QED) is 0.612. The number of halogens is 1. The van der Waals surface area contributed by atoms with Gasteiger partial charge in [-0.1, -0.05) is 29.8 Å². The molecule has 2 aliphatic heterocycles. The zero-order valence-electron chi connectivity index (χ0n) is 16.8. The second-order valence-corrected chi connectivity index (χ2v) is 9.19. The molecule has 6 nitrogen and oxygen atoms in total. The fourth-order valence-electron chi connectivity index (χ4n) is 4.14. The first-order chi connectivity index (χ1) is 14.6. The van der Waals surface area contributed by atoms with Gasteiger partial charge in [0, 0.05) is 40.5 Å². The van der Waals surface area contributed by atoms with Crippen LogP contribution in [0.5, 0.6) is 0 Å². The summed E-state index contributed by atoms with van der Waals surface area (Å²) in [6, 6.07) is 9.94. The van der Waals surface area contributed by atoms with E-state index in [1.807, 2.05) is 36.1 Å². The van der Waals surface area contributed by atoms with E-state index in [1.165, 1.54) is 0 Å². The molecule has 0 N–H and O–H groups in total. The molecule has 1 amide bonds. The molecule has 3 aromatic rings. The molecule has 0 aliphatic carbocycles. The van der Waals surface area contributed by atoms with Crippen molar-refractivity contribution >= 4 is 34.6 Å². The van der Waals surface area contributed by atoms with E-state index in [-0.39, 0.29) is 5.91 Å². The van der Waals surface area contributed by atoms with Crippen molar-refractivity contribution in [3.8, 4) is 5.00 Å². The van der Waals surface area contributed by atoms with E-state index in [9.17, 15) is 4.79 Å². The van der Waals surface area contributed by atoms with E-state index < -0.39 is 0 Å². The zero-order chi connectivity index (χ0) is 20.7. The summed E-state index contributed by atoms with van der Waals surface area (Å²) in [5.41, 5.74) is 2.81. The Hall–Kier alpha value is -2.51. The molecule has 2 aliphatic rings. The van der Waals surface area contributed by atoms with Gasteiger partial charge in [-0.05, 0) is 38.3 Å². The second-order valence-electron chi connectivity index (χ2n) is 7.66. The Morgan fingerprint density at radius 3 is 2.77 bits per heavy atom. The smallest absolute Gasteiger partial charge is 0.222 e. The molecule has 0 spiro atoms. The minimum Gasteiger partial charge on any atom is -0.343 e. The number of fused-ring (bicyclic) bond motifs is 3. The average molecular weight is 440 g/mol. The average Bonchev–Trinajstić information content (AvgIpc) is 3.47. The first-order valence-electron chi connectivity index (χ1n) is 10.2. The predicted molar refractivity (Wildman–Crippen MR) is 119 cm³/mol. The van der Waals surface area contributed by atoms with Crippen molar-refractivity contribution in [3.63, 3.8) is 0 Å². The third kappa shape index (κ3) is 3.46. The molecule has 0 bridgehead atoms. The molecule has 0 atom stereocenters. The SMILES string of the molecule is Cc1nnc2n1-c1sc(CCC(=O)N3CCCC3)cc1C(c1ccccc1Cl)=NC2. The van der Waals surface area contributed by atoms with Gasteiger partial charge in [0.1, 0.15) is 17.4 Å². The number of carbonyl (C=O) groups excluding carboxylic acids is 1. The number of benzene rings is 1. The molecule has 1 aromatic carbocycles. The van der Waals surface area contributed by atoms with Crippen molar-refractivity contribution in [1.82, 2.24) is 19.7 Å². The Morgan fingerprint density at radius 2 is 1.97 bits per heavy atom. The highest BCUT2D eigenvalue weighted by atomic mass is 35.5. The van der Waals surface area contributed by atoms with Crippen LogP contribution in [0.4, 0.5) is 0 Å². The van der Waals surface area contributed by atoms with E-state index in [1.54, 1.807) is 11.3 Å². The van der Waals surface area contributed by atoms with Crippen LogP contribution < -0.4 is 0 Å². The van der Waals surface area contributed by atoms with Crippen molar-refractivity contribution in [2.45, 2.75) is 39.2 Å². The van der Waals surface area contributed by atoms with E-state index in [0.29, 0.717) is 18.0 Å². The molecule has 1 fully saturated rings. The van der Waals surface area contributed by atoms with Gasteiger partial charge < -0.3 is 4.90 Å². The number of hydrogen-bond acceptors (Lipinski definition) is 5. The number of nitrogens with zero attached hydrogens (tertiary/aromatic N) is 5. The van der Waals surface area contributed by atoms with Gasteiger partial charge in [0.15, 0.2) is 5.82 Å². The molecule has 0 radical (unpaired) electrons. The molecule has 4 heterocycles. The summed E-state index contributed by atoms with van der Waals surface area (Å²) in [6.45, 7) is 4.20. The lowest BCUT2D eigenvalue weighted by atomic mass is 10.0. The predicted octanol–water partition coefficient (Wildman–Crippen LogP) is 4.20. The van der Waals surface area contributed by atoms with Crippen LogP contribution in [0.15, 0.2) is 35.3 Å². The lowest BCUT2D eigenvalue weighted by molar-refractivity contribution is -0.130. The van der Waals surface area contributed by atoms with Crippen LogP contribution in [0.1, 0.15) is 46.9 Å². The van der Waals surface area contributed by atoms with Crippen molar-refractivity contribution in [2.24, 2.45) is 4.99 Å². The fourth-order valence-corrected chi connectivity index (χ4v) is 5.59. The molecular formula is C22H22ClN5OS. The van der Waals surface area contributed by atoms with Crippen LogP contribution in [0.25, 0.3) is 5.00 Å². The minimum atomic E-state index is 0.247. The number of hydrogen-bond donors (Lipinski definition) is 0. The Kier molecular flexibility index (Phi) is 5.16. The number of aliphatic imine (C=N–C) groups is 1. The number of aromatic nitrogens is 3. The largest absolute Gasteiger partial charge is 0.343 e. The van der Waals surface area contributed by atoms with Gasteiger partial charge in [0.25, 0.3) is 0 Å². The topological polar surface area (TPSA) is 63.4 Å². The van der Waals surface area contributed by atoms with E-state index in [4.69, 9.17) is 16.6 Å². The van der Waals surface area contributed by atoms with Crippen molar-refractivity contribution < 1.29 is 4.79 Å². The standard InChI is InChI=1S/C22H22ClN5OS/c1-14-25-26-19-13-24-21(16-6-2-3-7-18(16)23)17-12-15(30-22(17)28(14)19)8-9-20(29)27-10-4-5-11-27/h2-3,6-7,12H,4-5,8-11,13H2,1H3. The van der Waals surface area contributed by atoms with Gasteiger partial charge in [-0.15, -0.1) is 21.5 Å². The third-order valence-electron chi connectivity index (χ3n) is 5.67. The normalized spacial score (nSPS) is 15.5. The molecule has 0 unspecified atom stereocenters. The lowest BCUT2D eigenvalue weighted by Crippen LogP contribution is -2.27. The summed E-state index contributed by atoms with van der Waals surface area (Å²) in [5.74, 6) is 1.90. The minimum absolute atomic E-state index is 0.247.